The fourth-order valence-corrected chi connectivity index (χ4v) is 4.02. The maximum Gasteiger partial charge on any atom is 0.255 e. The molecule has 0 N–H and O–H groups in total. The fraction of sp³-hybridized carbons (Fsp3) is 0.208. The minimum absolute atomic E-state index is 0.0140. The smallest absolute Gasteiger partial charge is 0.255 e. The molecule has 0 spiro atoms. The number of pyridine rings is 2. The van der Waals surface area contributed by atoms with E-state index in [1.807, 2.05) is 72.6 Å². The Morgan fingerprint density at radius 2 is 1.84 bits per heavy atom. The largest absolute Gasteiger partial charge is 0.339 e. The second kappa shape index (κ2) is 8.10. The number of hydrogen-bond donors (Lipinski definition) is 0. The molecule has 1 aromatic carbocycles. The standard InChI is InChI=1S/C24H21N5O2/c1-16-9-10-19(13-26-16)24(30)29-14-20(18-8-5-11-25-12-18)21(15-29)23-27-22(28-31-23)17-6-3-2-4-7-17/h2-13,20-21H,14-15H2,1H3/t20-,21+/m0/s1. The first-order valence-corrected chi connectivity index (χ1v) is 10.2. The van der Waals surface area contributed by atoms with E-state index in [0.717, 1.165) is 16.8 Å². The molecule has 1 aliphatic rings. The molecule has 31 heavy (non-hydrogen) atoms. The number of hydrogen-bond acceptors (Lipinski definition) is 6. The van der Waals surface area contributed by atoms with Gasteiger partial charge >= 0.3 is 0 Å². The first-order valence-electron chi connectivity index (χ1n) is 10.2. The van der Waals surface area contributed by atoms with Crippen LogP contribution in [0.1, 0.15) is 39.3 Å². The fourth-order valence-electron chi connectivity index (χ4n) is 4.02. The molecule has 1 amide bonds. The van der Waals surface area contributed by atoms with Gasteiger partial charge in [-0.2, -0.15) is 4.98 Å². The van der Waals surface area contributed by atoms with Gasteiger partial charge in [0.15, 0.2) is 0 Å². The first kappa shape index (κ1) is 19.1. The van der Waals surface area contributed by atoms with Crippen LogP contribution in [0.5, 0.6) is 0 Å². The maximum absolute atomic E-state index is 13.1. The predicted molar refractivity (Wildman–Crippen MR) is 114 cm³/mol. The molecule has 3 aromatic heterocycles. The van der Waals surface area contributed by atoms with Crippen LogP contribution < -0.4 is 0 Å². The van der Waals surface area contributed by atoms with Crippen LogP contribution in [-0.2, 0) is 0 Å². The molecule has 1 fully saturated rings. The number of benzene rings is 1. The molecule has 0 unspecified atom stereocenters. The number of aromatic nitrogens is 4. The summed E-state index contributed by atoms with van der Waals surface area (Å²) in [6.07, 6.45) is 5.21. The lowest BCUT2D eigenvalue weighted by Crippen LogP contribution is -2.29. The van der Waals surface area contributed by atoms with E-state index in [2.05, 4.69) is 20.1 Å². The van der Waals surface area contributed by atoms with Crippen LogP contribution in [0.2, 0.25) is 0 Å². The molecule has 7 heteroatoms. The zero-order chi connectivity index (χ0) is 21.2. The Hall–Kier alpha value is -3.87. The van der Waals surface area contributed by atoms with Crippen LogP contribution in [0.4, 0.5) is 0 Å². The molecule has 1 saturated heterocycles. The quantitative estimate of drug-likeness (QED) is 0.507. The van der Waals surface area contributed by atoms with E-state index < -0.39 is 0 Å². The average Bonchev–Trinajstić information content (AvgIpc) is 3.48. The van der Waals surface area contributed by atoms with Gasteiger partial charge in [-0.1, -0.05) is 41.6 Å². The van der Waals surface area contributed by atoms with Gasteiger partial charge in [0, 0.05) is 48.9 Å². The molecule has 0 aliphatic carbocycles. The predicted octanol–water partition coefficient (Wildman–Crippen LogP) is 3.86. The minimum atomic E-state index is -0.114. The van der Waals surface area contributed by atoms with E-state index in [9.17, 15) is 4.79 Å². The maximum atomic E-state index is 13.1. The van der Waals surface area contributed by atoms with Crippen molar-refractivity contribution in [2.24, 2.45) is 0 Å². The lowest BCUT2D eigenvalue weighted by Gasteiger charge is -2.16. The highest BCUT2D eigenvalue weighted by Gasteiger charge is 2.40. The van der Waals surface area contributed by atoms with E-state index in [4.69, 9.17) is 4.52 Å². The lowest BCUT2D eigenvalue weighted by atomic mass is 9.90. The van der Waals surface area contributed by atoms with Crippen molar-refractivity contribution in [1.82, 2.24) is 25.0 Å². The summed E-state index contributed by atoms with van der Waals surface area (Å²) in [5.41, 5.74) is 3.39. The highest BCUT2D eigenvalue weighted by molar-refractivity contribution is 5.94. The number of aryl methyl sites for hydroxylation is 1. The van der Waals surface area contributed by atoms with Crippen LogP contribution in [-0.4, -0.2) is 44.0 Å². The molecule has 5 rings (SSSR count). The third-order valence-electron chi connectivity index (χ3n) is 5.67. The summed E-state index contributed by atoms with van der Waals surface area (Å²) in [6, 6.07) is 17.3. The molecule has 4 heterocycles. The zero-order valence-corrected chi connectivity index (χ0v) is 17.0. The number of amides is 1. The molecule has 7 nitrogen and oxygen atoms in total. The van der Waals surface area contributed by atoms with E-state index in [-0.39, 0.29) is 17.7 Å². The van der Waals surface area contributed by atoms with E-state index in [1.54, 1.807) is 12.4 Å². The highest BCUT2D eigenvalue weighted by atomic mass is 16.5. The van der Waals surface area contributed by atoms with Crippen molar-refractivity contribution in [3.63, 3.8) is 0 Å². The molecule has 4 aromatic rings. The van der Waals surface area contributed by atoms with Gasteiger partial charge in [0.2, 0.25) is 11.7 Å². The molecular weight excluding hydrogens is 390 g/mol. The minimum Gasteiger partial charge on any atom is -0.339 e. The third-order valence-corrected chi connectivity index (χ3v) is 5.67. The summed E-state index contributed by atoms with van der Waals surface area (Å²) in [6.45, 7) is 2.94. The zero-order valence-electron chi connectivity index (χ0n) is 17.0. The summed E-state index contributed by atoms with van der Waals surface area (Å²) in [4.78, 5) is 28.2. The van der Waals surface area contributed by atoms with Gasteiger partial charge in [-0.05, 0) is 30.7 Å². The van der Waals surface area contributed by atoms with Crippen molar-refractivity contribution in [1.29, 1.82) is 0 Å². The highest BCUT2D eigenvalue weighted by Crippen LogP contribution is 2.39. The van der Waals surface area contributed by atoms with E-state index in [1.165, 1.54) is 0 Å². The topological polar surface area (TPSA) is 85.0 Å². The lowest BCUT2D eigenvalue weighted by molar-refractivity contribution is 0.0787. The van der Waals surface area contributed by atoms with Crippen molar-refractivity contribution >= 4 is 5.91 Å². The van der Waals surface area contributed by atoms with Crippen LogP contribution in [0, 0.1) is 6.92 Å². The van der Waals surface area contributed by atoms with Gasteiger partial charge < -0.3 is 9.42 Å². The van der Waals surface area contributed by atoms with Crippen LogP contribution >= 0.6 is 0 Å². The van der Waals surface area contributed by atoms with Crippen molar-refractivity contribution < 1.29 is 9.32 Å². The summed E-state index contributed by atoms with van der Waals surface area (Å²) >= 11 is 0. The third kappa shape index (κ3) is 3.82. The van der Waals surface area contributed by atoms with Crippen LogP contribution in [0.3, 0.4) is 0 Å². The number of rotatable bonds is 4. The van der Waals surface area contributed by atoms with E-state index in [0.29, 0.717) is 30.4 Å². The number of carbonyl (C=O) groups is 1. The van der Waals surface area contributed by atoms with Crippen molar-refractivity contribution in [3.05, 3.63) is 95.9 Å². The van der Waals surface area contributed by atoms with Gasteiger partial charge in [-0.15, -0.1) is 0 Å². The first-order chi connectivity index (χ1) is 15.2. The molecule has 2 atom stereocenters. The molecule has 1 aliphatic heterocycles. The second-order valence-electron chi connectivity index (χ2n) is 7.72. The molecule has 154 valence electrons. The second-order valence-corrected chi connectivity index (χ2v) is 7.72. The molecule has 0 bridgehead atoms. The van der Waals surface area contributed by atoms with Gasteiger partial charge in [-0.25, -0.2) is 0 Å². The Labute approximate surface area is 179 Å². The normalized spacial score (nSPS) is 18.3. The monoisotopic (exact) mass is 411 g/mol. The van der Waals surface area contributed by atoms with Crippen molar-refractivity contribution in [2.75, 3.05) is 13.1 Å². The van der Waals surface area contributed by atoms with E-state index >= 15 is 0 Å². The summed E-state index contributed by atoms with van der Waals surface area (Å²) in [5, 5.41) is 4.18. The number of nitrogens with zero attached hydrogens (tertiary/aromatic N) is 5. The van der Waals surface area contributed by atoms with Gasteiger partial charge in [-0.3, -0.25) is 14.8 Å². The Morgan fingerprint density at radius 3 is 2.58 bits per heavy atom. The summed E-state index contributed by atoms with van der Waals surface area (Å²) in [7, 11) is 0. The van der Waals surface area contributed by atoms with Crippen molar-refractivity contribution in [3.8, 4) is 11.4 Å². The number of carbonyl (C=O) groups excluding carboxylic acids is 1. The molecule has 0 saturated carbocycles. The van der Waals surface area contributed by atoms with Crippen LogP contribution in [0.15, 0.2) is 77.7 Å². The molecular formula is C24H21N5O2. The Balaban J connectivity index is 1.46. The Kier molecular flexibility index (Phi) is 5.00. The molecule has 0 radical (unpaired) electrons. The van der Waals surface area contributed by atoms with Gasteiger partial charge in [0.1, 0.15) is 0 Å². The SMILES string of the molecule is Cc1ccc(C(=O)N2C[C@@H](c3cccnc3)[C@H](c3nc(-c4ccccc4)no3)C2)cn1. The Bertz CT molecular complexity index is 1180. The van der Waals surface area contributed by atoms with Gasteiger partial charge in [0.05, 0.1) is 11.5 Å². The Morgan fingerprint density at radius 1 is 1.00 bits per heavy atom. The average molecular weight is 411 g/mol. The van der Waals surface area contributed by atoms with Crippen molar-refractivity contribution in [2.45, 2.75) is 18.8 Å². The summed E-state index contributed by atoms with van der Waals surface area (Å²) in [5.74, 6) is 0.932. The van der Waals surface area contributed by atoms with Gasteiger partial charge in [0.25, 0.3) is 5.91 Å². The number of likely N-dealkylation sites (tertiary alicyclic amines) is 1. The summed E-state index contributed by atoms with van der Waals surface area (Å²) < 4.78 is 5.67. The van der Waals surface area contributed by atoms with Crippen LogP contribution in [0.25, 0.3) is 11.4 Å².